The van der Waals surface area contributed by atoms with Gasteiger partial charge in [0.2, 0.25) is 15.8 Å². The summed E-state index contributed by atoms with van der Waals surface area (Å²) in [6, 6.07) is 24.4. The van der Waals surface area contributed by atoms with Crippen molar-refractivity contribution in [2.24, 2.45) is 0 Å². The molecule has 0 amide bonds. The monoisotopic (exact) mass is 610 g/mol. The van der Waals surface area contributed by atoms with Crippen LogP contribution in [0.25, 0.3) is 0 Å². The summed E-state index contributed by atoms with van der Waals surface area (Å²) in [5.41, 5.74) is 2.00. The van der Waals surface area contributed by atoms with Gasteiger partial charge < -0.3 is 19.3 Å². The average molecular weight is 611 g/mol. The fraction of sp³-hybridized carbons (Fsp3) is 0.207. The van der Waals surface area contributed by atoms with Gasteiger partial charge in [-0.15, -0.1) is 5.10 Å². The van der Waals surface area contributed by atoms with E-state index in [2.05, 4.69) is 15.0 Å². The molecule has 13 heteroatoms. The summed E-state index contributed by atoms with van der Waals surface area (Å²) in [6.07, 6.45) is -0.966. The summed E-state index contributed by atoms with van der Waals surface area (Å²) in [4.78, 5) is 12.9. The number of aromatic nitrogens is 3. The maximum Gasteiger partial charge on any atom is 0.378 e. The molecular formula is C29H27ClN4O7S. The Labute approximate surface area is 247 Å². The standard InChI is InChI=1S/C29H27ClN4O7S/c30-22-11-13-24(14-12-22)42(37,38)31-15-23-16-34(33-32-23)17-25(35)26-27(39-18-20-7-3-1-4-8-20)28(29(36)41-26)40-19-21-9-5-2-6-10-21/h1-14,16,25-26,31,35H,15,17-19H2/t25-,26+/m0/s1. The fourth-order valence-corrected chi connectivity index (χ4v) is 5.24. The minimum Gasteiger partial charge on any atom is -0.485 e. The largest absolute Gasteiger partial charge is 0.485 e. The number of sulfonamides is 1. The SMILES string of the molecule is O=C1O[C@H]([C@@H](O)Cn2cc(CNS(=O)(=O)c3ccc(Cl)cc3)nn2)C(OCc2ccccc2)=C1OCc1ccccc1. The van der Waals surface area contributed by atoms with Crippen molar-refractivity contribution in [1.82, 2.24) is 19.7 Å². The van der Waals surface area contributed by atoms with E-state index in [9.17, 15) is 18.3 Å². The molecule has 1 aliphatic rings. The first-order valence-corrected chi connectivity index (χ1v) is 14.8. The maximum absolute atomic E-state index is 12.8. The van der Waals surface area contributed by atoms with Crippen LogP contribution < -0.4 is 4.72 Å². The number of aliphatic hydroxyl groups is 1. The number of rotatable bonds is 13. The van der Waals surface area contributed by atoms with Crippen LogP contribution in [0.3, 0.4) is 0 Å². The molecule has 2 N–H and O–H groups in total. The highest BCUT2D eigenvalue weighted by atomic mass is 35.5. The second kappa shape index (κ2) is 13.2. The second-order valence-corrected chi connectivity index (χ2v) is 11.5. The summed E-state index contributed by atoms with van der Waals surface area (Å²) < 4.78 is 46.1. The van der Waals surface area contributed by atoms with Gasteiger partial charge in [0.15, 0.2) is 11.9 Å². The Morgan fingerprint density at radius 2 is 1.57 bits per heavy atom. The molecule has 218 valence electrons. The zero-order valence-corrected chi connectivity index (χ0v) is 23.7. The van der Waals surface area contributed by atoms with Crippen molar-refractivity contribution in [3.05, 3.63) is 124 Å². The van der Waals surface area contributed by atoms with Crippen LogP contribution >= 0.6 is 11.6 Å². The number of hydrogen-bond donors (Lipinski definition) is 2. The number of aliphatic hydroxyl groups excluding tert-OH is 1. The van der Waals surface area contributed by atoms with Crippen molar-refractivity contribution in [3.8, 4) is 0 Å². The fourth-order valence-electron chi connectivity index (χ4n) is 4.11. The van der Waals surface area contributed by atoms with E-state index in [1.54, 1.807) is 0 Å². The molecule has 0 spiro atoms. The van der Waals surface area contributed by atoms with Crippen LogP contribution in [0, 0.1) is 0 Å². The summed E-state index contributed by atoms with van der Waals surface area (Å²) >= 11 is 5.84. The summed E-state index contributed by atoms with van der Waals surface area (Å²) in [6.45, 7) is -0.0402. The van der Waals surface area contributed by atoms with E-state index < -0.39 is 28.2 Å². The minimum atomic E-state index is -3.81. The Kier molecular flexibility index (Phi) is 9.18. The van der Waals surface area contributed by atoms with Crippen LogP contribution in [0.1, 0.15) is 16.8 Å². The molecule has 5 rings (SSSR count). The molecule has 0 saturated heterocycles. The Morgan fingerprint density at radius 3 is 2.21 bits per heavy atom. The number of benzene rings is 3. The Hall–Kier alpha value is -4.23. The number of cyclic esters (lactones) is 1. The van der Waals surface area contributed by atoms with E-state index in [0.717, 1.165) is 11.1 Å². The quantitative estimate of drug-likeness (QED) is 0.218. The lowest BCUT2D eigenvalue weighted by Gasteiger charge is -2.20. The first kappa shape index (κ1) is 29.3. The minimum absolute atomic E-state index is 0.0536. The predicted molar refractivity (Wildman–Crippen MR) is 151 cm³/mol. The molecule has 42 heavy (non-hydrogen) atoms. The topological polar surface area (TPSA) is 142 Å². The highest BCUT2D eigenvalue weighted by Crippen LogP contribution is 2.29. The lowest BCUT2D eigenvalue weighted by Crippen LogP contribution is -2.33. The number of nitrogens with one attached hydrogen (secondary N) is 1. The van der Waals surface area contributed by atoms with Gasteiger partial charge in [0.1, 0.15) is 19.3 Å². The first-order valence-electron chi connectivity index (χ1n) is 12.9. The van der Waals surface area contributed by atoms with Gasteiger partial charge in [0.05, 0.1) is 23.7 Å². The van der Waals surface area contributed by atoms with Crippen molar-refractivity contribution in [1.29, 1.82) is 0 Å². The Morgan fingerprint density at radius 1 is 0.952 bits per heavy atom. The van der Waals surface area contributed by atoms with E-state index in [4.69, 9.17) is 25.8 Å². The van der Waals surface area contributed by atoms with Gasteiger partial charge in [0, 0.05) is 11.2 Å². The van der Waals surface area contributed by atoms with Crippen molar-refractivity contribution in [2.75, 3.05) is 0 Å². The highest BCUT2D eigenvalue weighted by Gasteiger charge is 2.42. The molecule has 3 aromatic carbocycles. The Balaban J connectivity index is 1.26. The molecule has 2 atom stereocenters. The van der Waals surface area contributed by atoms with Crippen LogP contribution in [-0.4, -0.2) is 46.7 Å². The molecule has 0 bridgehead atoms. The molecule has 0 saturated carbocycles. The van der Waals surface area contributed by atoms with Crippen LogP contribution in [0.2, 0.25) is 5.02 Å². The van der Waals surface area contributed by atoms with Crippen LogP contribution in [-0.2, 0) is 55.3 Å². The van der Waals surface area contributed by atoms with Crippen molar-refractivity contribution >= 4 is 27.6 Å². The molecule has 4 aromatic rings. The molecule has 0 radical (unpaired) electrons. The van der Waals surface area contributed by atoms with E-state index >= 15 is 0 Å². The lowest BCUT2D eigenvalue weighted by atomic mass is 10.1. The molecule has 0 aliphatic carbocycles. The van der Waals surface area contributed by atoms with Crippen molar-refractivity contribution in [2.45, 2.75) is 43.4 Å². The number of hydrogen-bond acceptors (Lipinski definition) is 9. The third-order valence-electron chi connectivity index (χ3n) is 6.24. The molecular weight excluding hydrogens is 584 g/mol. The normalized spacial score (nSPS) is 15.9. The summed E-state index contributed by atoms with van der Waals surface area (Å²) in [5.74, 6) is -0.799. The maximum atomic E-state index is 12.8. The highest BCUT2D eigenvalue weighted by molar-refractivity contribution is 7.89. The van der Waals surface area contributed by atoms with Gasteiger partial charge in [0.25, 0.3) is 0 Å². The molecule has 11 nitrogen and oxygen atoms in total. The van der Waals surface area contributed by atoms with Gasteiger partial charge in [-0.2, -0.15) is 0 Å². The van der Waals surface area contributed by atoms with Crippen molar-refractivity contribution in [3.63, 3.8) is 0 Å². The van der Waals surface area contributed by atoms with Gasteiger partial charge in [-0.3, -0.25) is 0 Å². The van der Waals surface area contributed by atoms with Gasteiger partial charge in [-0.05, 0) is 35.4 Å². The smallest absolute Gasteiger partial charge is 0.378 e. The van der Waals surface area contributed by atoms with Crippen LogP contribution in [0.5, 0.6) is 0 Å². The third kappa shape index (κ3) is 7.34. The van der Waals surface area contributed by atoms with Crippen LogP contribution in [0.15, 0.2) is 108 Å². The molecule has 1 aromatic heterocycles. The predicted octanol–water partition coefficient (Wildman–Crippen LogP) is 3.34. The Bertz CT molecular complexity index is 1650. The first-order chi connectivity index (χ1) is 20.3. The lowest BCUT2D eigenvalue weighted by molar-refractivity contribution is -0.148. The zero-order chi connectivity index (χ0) is 29.5. The number of carbonyl (C=O) groups excluding carboxylic acids is 1. The molecule has 1 aliphatic heterocycles. The number of ether oxygens (including phenoxy) is 3. The molecule has 0 unspecified atom stereocenters. The average Bonchev–Trinajstić information content (AvgIpc) is 3.58. The van der Waals surface area contributed by atoms with E-state index in [1.807, 2.05) is 60.7 Å². The zero-order valence-electron chi connectivity index (χ0n) is 22.2. The van der Waals surface area contributed by atoms with Gasteiger partial charge in [-0.25, -0.2) is 22.6 Å². The van der Waals surface area contributed by atoms with Gasteiger partial charge in [-0.1, -0.05) is 77.5 Å². The third-order valence-corrected chi connectivity index (χ3v) is 7.91. The van der Waals surface area contributed by atoms with Gasteiger partial charge >= 0.3 is 5.97 Å². The number of esters is 1. The van der Waals surface area contributed by atoms with E-state index in [-0.39, 0.29) is 42.7 Å². The van der Waals surface area contributed by atoms with Crippen molar-refractivity contribution < 1.29 is 32.5 Å². The second-order valence-electron chi connectivity index (χ2n) is 9.35. The van der Waals surface area contributed by atoms with E-state index in [0.29, 0.717) is 10.7 Å². The van der Waals surface area contributed by atoms with E-state index in [1.165, 1.54) is 35.1 Å². The molecule has 2 heterocycles. The number of nitrogens with zero attached hydrogens (tertiary/aromatic N) is 3. The summed E-state index contributed by atoms with van der Waals surface area (Å²) in [7, 11) is -3.81. The molecule has 0 fully saturated rings. The van der Waals surface area contributed by atoms with Crippen LogP contribution in [0.4, 0.5) is 0 Å². The number of halogens is 1. The number of carbonyl (C=O) groups is 1. The summed E-state index contributed by atoms with van der Waals surface area (Å²) in [5, 5.41) is 19.4.